The molecule has 1 fully saturated rings. The Balaban J connectivity index is 1.69. The van der Waals surface area contributed by atoms with Crippen LogP contribution in [0.15, 0.2) is 41.6 Å². The van der Waals surface area contributed by atoms with Gasteiger partial charge in [0.15, 0.2) is 0 Å². The van der Waals surface area contributed by atoms with Gasteiger partial charge in [0.2, 0.25) is 5.91 Å². The van der Waals surface area contributed by atoms with E-state index in [2.05, 4.69) is 5.32 Å². The lowest BCUT2D eigenvalue weighted by atomic mass is 10.0. The molecule has 2 atom stereocenters. The molecule has 1 saturated heterocycles. The van der Waals surface area contributed by atoms with E-state index < -0.39 is 12.0 Å². The van der Waals surface area contributed by atoms with Crippen molar-refractivity contribution in [2.24, 2.45) is 0 Å². The SMILES string of the molecule is CCC1=C(C(=O)O)N2C(=O)[C@H](NC(=O)Cc3ccccc3)[C@@H]2SC1. The number of nitrogens with zero attached hydrogens (tertiary/aromatic N) is 1. The molecule has 1 aromatic rings. The van der Waals surface area contributed by atoms with Crippen LogP contribution < -0.4 is 5.32 Å². The Hall–Kier alpha value is -2.28. The fraction of sp³-hybridized carbons (Fsp3) is 0.353. The van der Waals surface area contributed by atoms with Crippen molar-refractivity contribution in [2.45, 2.75) is 31.2 Å². The van der Waals surface area contributed by atoms with E-state index in [1.165, 1.54) is 16.7 Å². The maximum absolute atomic E-state index is 12.4. The van der Waals surface area contributed by atoms with Crippen LogP contribution in [0.3, 0.4) is 0 Å². The molecule has 0 spiro atoms. The van der Waals surface area contributed by atoms with Crippen LogP contribution in [-0.2, 0) is 20.8 Å². The first kappa shape index (κ1) is 16.6. The van der Waals surface area contributed by atoms with Gasteiger partial charge in [-0.05, 0) is 17.6 Å². The topological polar surface area (TPSA) is 86.7 Å². The lowest BCUT2D eigenvalue weighted by Crippen LogP contribution is -2.70. The highest BCUT2D eigenvalue weighted by Gasteiger charge is 2.53. The molecule has 2 aliphatic rings. The Morgan fingerprint density at radius 3 is 2.67 bits per heavy atom. The fourth-order valence-corrected chi connectivity index (χ4v) is 4.41. The quantitative estimate of drug-likeness (QED) is 0.787. The first-order valence-electron chi connectivity index (χ1n) is 7.76. The minimum absolute atomic E-state index is 0.0832. The highest BCUT2D eigenvalue weighted by molar-refractivity contribution is 8.00. The number of hydrogen-bond donors (Lipinski definition) is 2. The smallest absolute Gasteiger partial charge is 0.352 e. The lowest BCUT2D eigenvalue weighted by Gasteiger charge is -2.49. The van der Waals surface area contributed by atoms with E-state index in [4.69, 9.17) is 0 Å². The molecule has 0 aliphatic carbocycles. The summed E-state index contributed by atoms with van der Waals surface area (Å²) in [6, 6.07) is 8.63. The zero-order chi connectivity index (χ0) is 17.3. The second-order valence-electron chi connectivity index (χ2n) is 5.73. The van der Waals surface area contributed by atoms with Gasteiger partial charge in [-0.25, -0.2) is 4.79 Å². The Morgan fingerprint density at radius 1 is 1.33 bits per heavy atom. The standard InChI is InChI=1S/C17H18N2O4S/c1-2-11-9-24-16-13(15(21)19(16)14(11)17(22)23)18-12(20)8-10-6-4-3-5-7-10/h3-7,13,16H,2,8-9H2,1H3,(H,18,20)(H,22,23)/t13-,16-/m0/s1. The van der Waals surface area contributed by atoms with Gasteiger partial charge < -0.3 is 10.4 Å². The van der Waals surface area contributed by atoms with Crippen molar-refractivity contribution in [2.75, 3.05) is 5.75 Å². The van der Waals surface area contributed by atoms with Crippen molar-refractivity contribution in [3.05, 3.63) is 47.2 Å². The number of β-lactam (4-membered cyclic amide) rings is 1. The molecule has 6 nitrogen and oxygen atoms in total. The van der Waals surface area contributed by atoms with E-state index in [1.54, 1.807) is 0 Å². The lowest BCUT2D eigenvalue weighted by molar-refractivity contribution is -0.150. The van der Waals surface area contributed by atoms with Gasteiger partial charge in [-0.1, -0.05) is 37.3 Å². The van der Waals surface area contributed by atoms with E-state index >= 15 is 0 Å². The summed E-state index contributed by atoms with van der Waals surface area (Å²) in [6.07, 6.45) is 0.792. The summed E-state index contributed by atoms with van der Waals surface area (Å²) in [5.74, 6) is -1.10. The summed E-state index contributed by atoms with van der Waals surface area (Å²) in [5.41, 5.74) is 1.71. The molecular weight excluding hydrogens is 328 g/mol. The minimum atomic E-state index is -1.08. The number of amides is 2. The summed E-state index contributed by atoms with van der Waals surface area (Å²) in [7, 11) is 0. The molecule has 0 aromatic heterocycles. The maximum Gasteiger partial charge on any atom is 0.352 e. The Bertz CT molecular complexity index is 717. The second-order valence-corrected chi connectivity index (χ2v) is 6.83. The van der Waals surface area contributed by atoms with E-state index in [0.717, 1.165) is 11.1 Å². The third-order valence-electron chi connectivity index (χ3n) is 4.20. The number of hydrogen-bond acceptors (Lipinski definition) is 4. The van der Waals surface area contributed by atoms with Crippen molar-refractivity contribution < 1.29 is 19.5 Å². The average Bonchev–Trinajstić information content (AvgIpc) is 2.58. The van der Waals surface area contributed by atoms with Crippen molar-refractivity contribution in [3.8, 4) is 0 Å². The van der Waals surface area contributed by atoms with Crippen LogP contribution in [0.1, 0.15) is 18.9 Å². The molecule has 7 heteroatoms. The largest absolute Gasteiger partial charge is 0.477 e. The van der Waals surface area contributed by atoms with Gasteiger partial charge in [0, 0.05) is 5.75 Å². The Kier molecular flexibility index (Phi) is 4.62. The molecule has 0 radical (unpaired) electrons. The number of rotatable bonds is 5. The monoisotopic (exact) mass is 346 g/mol. The third-order valence-corrected chi connectivity index (χ3v) is 5.54. The van der Waals surface area contributed by atoms with Crippen LogP contribution in [-0.4, -0.2) is 45.0 Å². The van der Waals surface area contributed by atoms with E-state index in [1.807, 2.05) is 37.3 Å². The van der Waals surface area contributed by atoms with Crippen LogP contribution in [0.2, 0.25) is 0 Å². The normalized spacial score (nSPS) is 22.7. The number of fused-ring (bicyclic) bond motifs is 1. The number of carbonyl (C=O) groups excluding carboxylic acids is 2. The molecule has 24 heavy (non-hydrogen) atoms. The Labute approximate surface area is 143 Å². The average molecular weight is 346 g/mol. The molecule has 2 aliphatic heterocycles. The summed E-state index contributed by atoms with van der Waals surface area (Å²) < 4.78 is 0. The summed E-state index contributed by atoms with van der Waals surface area (Å²) in [4.78, 5) is 37.3. The van der Waals surface area contributed by atoms with Gasteiger partial charge in [-0.15, -0.1) is 11.8 Å². The minimum Gasteiger partial charge on any atom is -0.477 e. The van der Waals surface area contributed by atoms with Crippen molar-refractivity contribution in [3.63, 3.8) is 0 Å². The van der Waals surface area contributed by atoms with Crippen molar-refractivity contribution in [1.82, 2.24) is 10.2 Å². The number of carbonyl (C=O) groups is 3. The summed E-state index contributed by atoms with van der Waals surface area (Å²) in [6.45, 7) is 1.88. The molecular formula is C17H18N2O4S. The van der Waals surface area contributed by atoms with Gasteiger partial charge in [0.05, 0.1) is 6.42 Å². The molecule has 3 rings (SSSR count). The van der Waals surface area contributed by atoms with E-state index in [9.17, 15) is 19.5 Å². The predicted octanol–water partition coefficient (Wildman–Crippen LogP) is 1.38. The molecule has 126 valence electrons. The number of carboxylic acids is 1. The van der Waals surface area contributed by atoms with Crippen molar-refractivity contribution >= 4 is 29.5 Å². The molecule has 2 amide bonds. The highest BCUT2D eigenvalue weighted by Crippen LogP contribution is 2.41. The zero-order valence-electron chi connectivity index (χ0n) is 13.2. The van der Waals surface area contributed by atoms with Gasteiger partial charge in [-0.3, -0.25) is 14.5 Å². The summed E-state index contributed by atoms with van der Waals surface area (Å²) >= 11 is 1.50. The van der Waals surface area contributed by atoms with Gasteiger partial charge >= 0.3 is 5.97 Å². The van der Waals surface area contributed by atoms with Gasteiger partial charge in [-0.2, -0.15) is 0 Å². The van der Waals surface area contributed by atoms with Crippen LogP contribution in [0, 0.1) is 0 Å². The molecule has 2 N–H and O–H groups in total. The fourth-order valence-electron chi connectivity index (χ4n) is 2.96. The summed E-state index contributed by atoms with van der Waals surface area (Å²) in [5, 5.41) is 11.8. The maximum atomic E-state index is 12.4. The first-order chi connectivity index (χ1) is 11.5. The molecule has 0 bridgehead atoms. The van der Waals surface area contributed by atoms with E-state index in [-0.39, 0.29) is 29.3 Å². The number of carboxylic acid groups (broad SMARTS) is 1. The molecule has 1 aromatic carbocycles. The molecule has 0 saturated carbocycles. The second kappa shape index (κ2) is 6.68. The van der Waals surface area contributed by atoms with Crippen molar-refractivity contribution in [1.29, 1.82) is 0 Å². The van der Waals surface area contributed by atoms with Crippen LogP contribution in [0.25, 0.3) is 0 Å². The Morgan fingerprint density at radius 2 is 2.04 bits per heavy atom. The first-order valence-corrected chi connectivity index (χ1v) is 8.81. The van der Waals surface area contributed by atoms with Gasteiger partial charge in [0.1, 0.15) is 17.1 Å². The van der Waals surface area contributed by atoms with Crippen LogP contribution in [0.5, 0.6) is 0 Å². The van der Waals surface area contributed by atoms with Crippen LogP contribution in [0.4, 0.5) is 0 Å². The molecule has 0 unspecified atom stereocenters. The van der Waals surface area contributed by atoms with Crippen LogP contribution >= 0.6 is 11.8 Å². The highest BCUT2D eigenvalue weighted by atomic mass is 32.2. The number of benzene rings is 1. The number of nitrogens with one attached hydrogen (secondary N) is 1. The van der Waals surface area contributed by atoms with Gasteiger partial charge in [0.25, 0.3) is 5.91 Å². The number of thioether (sulfide) groups is 1. The molecule has 2 heterocycles. The third kappa shape index (κ3) is 2.91. The number of aliphatic carboxylic acids is 1. The zero-order valence-corrected chi connectivity index (χ0v) is 14.0. The van der Waals surface area contributed by atoms with E-state index in [0.29, 0.717) is 12.2 Å². The predicted molar refractivity (Wildman–Crippen MR) is 90.1 cm³/mol.